The number of alkyl carbamates (subject to hydrolysis) is 1. The van der Waals surface area contributed by atoms with E-state index in [1.807, 2.05) is 0 Å². The van der Waals surface area contributed by atoms with Gasteiger partial charge in [-0.05, 0) is 36.1 Å². The lowest BCUT2D eigenvalue weighted by Gasteiger charge is -2.27. The van der Waals surface area contributed by atoms with Crippen molar-refractivity contribution in [2.75, 3.05) is 6.67 Å². The Bertz CT molecular complexity index is 1510. The van der Waals surface area contributed by atoms with Gasteiger partial charge in [0.2, 0.25) is 17.7 Å². The molecule has 0 spiro atoms. The predicted octanol–water partition coefficient (Wildman–Crippen LogP) is 2.01. The number of phenols is 1. The van der Waals surface area contributed by atoms with Crippen LogP contribution < -0.4 is 21.3 Å². The molecule has 51 heavy (non-hydrogen) atoms. The number of nitrogens with one attached hydrogen (secondary N) is 4. The number of carboxylic acids is 2. The molecule has 2 aromatic rings. The lowest BCUT2D eigenvalue weighted by Crippen LogP contribution is -2.58. The van der Waals surface area contributed by atoms with E-state index in [2.05, 4.69) is 21.3 Å². The highest BCUT2D eigenvalue weighted by molar-refractivity contribution is 5.96. The predicted molar refractivity (Wildman–Crippen MR) is 169 cm³/mol. The van der Waals surface area contributed by atoms with Gasteiger partial charge in [0, 0.05) is 6.42 Å². The third-order valence-electron chi connectivity index (χ3n) is 6.65. The van der Waals surface area contributed by atoms with Crippen molar-refractivity contribution in [1.29, 1.82) is 0 Å². The lowest BCUT2D eigenvalue weighted by molar-refractivity contribution is -0.192. The van der Waals surface area contributed by atoms with E-state index < -0.39 is 90.9 Å². The number of hydrogen-bond donors (Lipinski definition) is 7. The van der Waals surface area contributed by atoms with Crippen molar-refractivity contribution in [1.82, 2.24) is 21.3 Å². The van der Waals surface area contributed by atoms with Crippen LogP contribution >= 0.6 is 0 Å². The number of rotatable bonds is 16. The van der Waals surface area contributed by atoms with Crippen molar-refractivity contribution in [3.05, 3.63) is 65.7 Å². The van der Waals surface area contributed by atoms with E-state index in [-0.39, 0.29) is 18.8 Å². The van der Waals surface area contributed by atoms with Crippen LogP contribution in [0.15, 0.2) is 54.6 Å². The van der Waals surface area contributed by atoms with Crippen LogP contribution in [0.5, 0.6) is 5.75 Å². The molecule has 0 aromatic heterocycles. The zero-order valence-electron chi connectivity index (χ0n) is 27.5. The summed E-state index contributed by atoms with van der Waals surface area (Å²) < 4.78 is 49.8. The number of hydrogen-bond acceptors (Lipinski definition) is 9. The fourth-order valence-corrected chi connectivity index (χ4v) is 3.95. The van der Waals surface area contributed by atoms with Crippen molar-refractivity contribution in [2.24, 2.45) is 5.92 Å². The van der Waals surface area contributed by atoms with Crippen molar-refractivity contribution in [3.8, 4) is 5.75 Å². The molecule has 19 heteroatoms. The maximum atomic E-state index is 13.4. The summed E-state index contributed by atoms with van der Waals surface area (Å²) in [5.41, 5.74) is 1.31. The number of phenolic OH excluding ortho intramolecular Hbond substituents is 1. The highest BCUT2D eigenvalue weighted by atomic mass is 19.4. The van der Waals surface area contributed by atoms with Gasteiger partial charge in [0.1, 0.15) is 43.2 Å². The molecule has 2 rings (SSSR count). The number of halogens is 4. The van der Waals surface area contributed by atoms with Crippen LogP contribution in [0.1, 0.15) is 38.3 Å². The molecule has 4 amide bonds. The third-order valence-corrected chi connectivity index (χ3v) is 6.65. The van der Waals surface area contributed by atoms with Crippen LogP contribution in [-0.4, -0.2) is 93.9 Å². The quantitative estimate of drug-likeness (QED) is 0.123. The molecule has 280 valence electrons. The van der Waals surface area contributed by atoms with Crippen molar-refractivity contribution in [2.45, 2.75) is 70.6 Å². The van der Waals surface area contributed by atoms with E-state index in [1.54, 1.807) is 56.3 Å². The van der Waals surface area contributed by atoms with Gasteiger partial charge in [-0.1, -0.05) is 56.3 Å². The average molecular weight is 731 g/mol. The smallest absolute Gasteiger partial charge is 0.490 e. The Balaban J connectivity index is 0.00000167. The van der Waals surface area contributed by atoms with E-state index in [0.717, 1.165) is 5.56 Å². The van der Waals surface area contributed by atoms with Gasteiger partial charge in [0.05, 0.1) is 6.42 Å². The van der Waals surface area contributed by atoms with Crippen molar-refractivity contribution < 1.29 is 71.2 Å². The number of carbonyl (C=O) groups is 7. The lowest BCUT2D eigenvalue weighted by atomic mass is 10.0. The Morgan fingerprint density at radius 2 is 1.31 bits per heavy atom. The summed E-state index contributed by atoms with van der Waals surface area (Å²) in [5, 5.41) is 35.3. The minimum atomic E-state index is -5.08. The first-order valence-corrected chi connectivity index (χ1v) is 15.0. The molecule has 0 saturated heterocycles. The van der Waals surface area contributed by atoms with Gasteiger partial charge >= 0.3 is 24.2 Å². The number of ether oxygens (including phenoxy) is 1. The maximum absolute atomic E-state index is 13.4. The number of ketones is 1. The van der Waals surface area contributed by atoms with E-state index >= 15 is 0 Å². The largest absolute Gasteiger partial charge is 0.508 e. The Morgan fingerprint density at radius 1 is 0.745 bits per heavy atom. The van der Waals surface area contributed by atoms with Crippen LogP contribution in [0, 0.1) is 5.92 Å². The molecule has 0 fully saturated rings. The zero-order valence-corrected chi connectivity index (χ0v) is 27.5. The van der Waals surface area contributed by atoms with Gasteiger partial charge in [0.25, 0.3) is 0 Å². The van der Waals surface area contributed by atoms with Crippen LogP contribution in [-0.2, 0) is 46.5 Å². The zero-order chi connectivity index (χ0) is 38.9. The van der Waals surface area contributed by atoms with E-state index in [1.165, 1.54) is 19.1 Å². The molecule has 0 aliphatic heterocycles. The summed E-state index contributed by atoms with van der Waals surface area (Å²) in [5.74, 6) is -8.28. The molecule has 7 N–H and O–H groups in total. The summed E-state index contributed by atoms with van der Waals surface area (Å²) in [6, 6.07) is 9.50. The average Bonchev–Trinajstić information content (AvgIpc) is 3.05. The first-order chi connectivity index (χ1) is 23.7. The van der Waals surface area contributed by atoms with Crippen LogP contribution in [0.3, 0.4) is 0 Å². The first-order valence-electron chi connectivity index (χ1n) is 15.0. The number of carboxylic acid groups (broad SMARTS) is 2. The number of amides is 4. The number of alkyl halides is 4. The highest BCUT2D eigenvalue weighted by Crippen LogP contribution is 2.14. The summed E-state index contributed by atoms with van der Waals surface area (Å²) in [4.78, 5) is 83.3. The van der Waals surface area contributed by atoms with Crippen LogP contribution in [0.25, 0.3) is 0 Å². The molecular formula is C32H38F4N4O11. The van der Waals surface area contributed by atoms with Crippen LogP contribution in [0.4, 0.5) is 22.4 Å². The minimum absolute atomic E-state index is 0.00280. The number of benzene rings is 2. The van der Waals surface area contributed by atoms with Crippen molar-refractivity contribution in [3.63, 3.8) is 0 Å². The van der Waals surface area contributed by atoms with Gasteiger partial charge in [-0.3, -0.25) is 24.0 Å². The monoisotopic (exact) mass is 730 g/mol. The number of Topliss-reactive ketones (excluding diaryl/α,β-unsaturated/α-hetero) is 1. The second-order valence-corrected chi connectivity index (χ2v) is 11.2. The van der Waals surface area contributed by atoms with Crippen molar-refractivity contribution >= 4 is 41.5 Å². The normalized spacial score (nSPS) is 13.2. The summed E-state index contributed by atoms with van der Waals surface area (Å²) in [7, 11) is 0. The van der Waals surface area contributed by atoms with Gasteiger partial charge in [-0.25, -0.2) is 14.0 Å². The standard InChI is InChI=1S/C30H37FN4O9.C2HF3O2/c1-17(2)26(29(42)32-18(3)27(40)33-22(14-25(38)39)24(37)15-31)35-28(41)23(13-19-9-11-21(36)12-10-19)34-30(43)44-16-20-7-5-4-6-8-20;3-2(4,5)1(6)7/h4-12,17-18,22-23,26,36H,13-16H2,1-3H3,(H,32,42)(H,33,40)(H,34,43)(H,35,41)(H,38,39);(H,6,7)/t18-,22?,23-,26-;/m0./s1. The molecule has 15 nitrogen and oxygen atoms in total. The SMILES string of the molecule is CC(C)[C@H](NC(=O)[C@H](Cc1ccc(O)cc1)NC(=O)OCc1ccccc1)C(=O)N[C@@H](C)C(=O)NC(CC(=O)O)C(=O)CF.O=C(O)C(F)(F)F. The number of aromatic hydroxyl groups is 1. The molecule has 0 bridgehead atoms. The number of carbonyl (C=O) groups excluding carboxylic acids is 5. The molecule has 0 aliphatic rings. The summed E-state index contributed by atoms with van der Waals surface area (Å²) in [6.07, 6.45) is -6.84. The molecule has 2 aromatic carbocycles. The highest BCUT2D eigenvalue weighted by Gasteiger charge is 2.38. The Kier molecular flexibility index (Phi) is 17.6. The third kappa shape index (κ3) is 16.5. The molecule has 4 atom stereocenters. The van der Waals surface area contributed by atoms with Gasteiger partial charge in [0.15, 0.2) is 5.78 Å². The topological polar surface area (TPSA) is 238 Å². The Labute approximate surface area is 288 Å². The Morgan fingerprint density at radius 3 is 1.80 bits per heavy atom. The molecule has 0 radical (unpaired) electrons. The molecule has 0 aliphatic carbocycles. The summed E-state index contributed by atoms with van der Waals surface area (Å²) in [6.45, 7) is 2.99. The van der Waals surface area contributed by atoms with Crippen LogP contribution in [0.2, 0.25) is 0 Å². The molecule has 0 saturated carbocycles. The van der Waals surface area contributed by atoms with E-state index in [0.29, 0.717) is 5.56 Å². The van der Waals surface area contributed by atoms with E-state index in [9.17, 15) is 51.4 Å². The first kappa shape index (κ1) is 43.3. The van der Waals surface area contributed by atoms with E-state index in [4.69, 9.17) is 19.7 Å². The second-order valence-electron chi connectivity index (χ2n) is 11.2. The molecule has 1 unspecified atom stereocenters. The second kappa shape index (κ2) is 20.7. The fraction of sp³-hybridized carbons (Fsp3) is 0.406. The maximum Gasteiger partial charge on any atom is 0.490 e. The molecule has 0 heterocycles. The molecular weight excluding hydrogens is 692 g/mol. The fourth-order valence-electron chi connectivity index (χ4n) is 3.95. The minimum Gasteiger partial charge on any atom is -0.508 e. The Hall–Kier alpha value is -5.75. The van der Waals surface area contributed by atoms with Gasteiger partial charge in [-0.15, -0.1) is 0 Å². The summed E-state index contributed by atoms with van der Waals surface area (Å²) >= 11 is 0. The number of aliphatic carboxylic acids is 2. The van der Waals surface area contributed by atoms with Gasteiger partial charge in [-0.2, -0.15) is 13.2 Å². The van der Waals surface area contributed by atoms with Gasteiger partial charge < -0.3 is 41.3 Å².